The summed E-state index contributed by atoms with van der Waals surface area (Å²) in [6.45, 7) is 0. The molecule has 0 aromatic heterocycles. The van der Waals surface area contributed by atoms with Crippen molar-refractivity contribution < 1.29 is 9.59 Å². The van der Waals surface area contributed by atoms with Crippen LogP contribution in [0.3, 0.4) is 0 Å². The molecule has 0 atom stereocenters. The Kier molecular flexibility index (Phi) is 4.39. The van der Waals surface area contributed by atoms with Crippen LogP contribution in [0.25, 0.3) is 0 Å². The molecule has 4 N–H and O–H groups in total. The monoisotopic (exact) mass is 275 g/mol. The van der Waals surface area contributed by atoms with Crippen molar-refractivity contribution in [1.29, 1.82) is 0 Å². The molecular weight excluding hydrogens is 254 g/mol. The second kappa shape index (κ2) is 6.05. The number of rotatable bonds is 3. The van der Waals surface area contributed by atoms with E-state index in [-0.39, 0.29) is 11.8 Å². The topological polar surface area (TPSA) is 84.2 Å². The number of carbonyl (C=O) groups is 2. The zero-order valence-corrected chi connectivity index (χ0v) is 11.7. The average molecular weight is 275 g/mol. The lowest BCUT2D eigenvalue weighted by atomic mass is 9.82. The van der Waals surface area contributed by atoms with Gasteiger partial charge >= 0.3 is 0 Å². The third-order valence-corrected chi connectivity index (χ3v) is 3.81. The maximum atomic E-state index is 12.3. The standard InChI is InChI=1S/C15H21N3O2/c1-17-13(19)11-6-5-7-12(10-11)18-14(20)15(16)8-3-2-4-9-15/h5-7,10H,2-4,8-9,16H2,1H3,(H,17,19)(H,18,20). The molecule has 1 saturated carbocycles. The molecule has 5 heteroatoms. The highest BCUT2D eigenvalue weighted by molar-refractivity contribution is 6.00. The van der Waals surface area contributed by atoms with Gasteiger partial charge in [0.1, 0.15) is 0 Å². The second-order valence-electron chi connectivity index (χ2n) is 5.33. The van der Waals surface area contributed by atoms with Gasteiger partial charge in [0.05, 0.1) is 5.54 Å². The molecule has 108 valence electrons. The Bertz CT molecular complexity index is 508. The summed E-state index contributed by atoms with van der Waals surface area (Å²) in [5.74, 6) is -0.340. The number of benzene rings is 1. The van der Waals surface area contributed by atoms with E-state index in [1.165, 1.54) is 0 Å². The van der Waals surface area contributed by atoms with Crippen molar-refractivity contribution in [1.82, 2.24) is 5.32 Å². The first kappa shape index (κ1) is 14.5. The Morgan fingerprint density at radius 1 is 1.20 bits per heavy atom. The van der Waals surface area contributed by atoms with Gasteiger partial charge in [-0.15, -0.1) is 0 Å². The third-order valence-electron chi connectivity index (χ3n) is 3.81. The highest BCUT2D eigenvalue weighted by Gasteiger charge is 2.35. The molecule has 2 rings (SSSR count). The summed E-state index contributed by atoms with van der Waals surface area (Å²) >= 11 is 0. The molecule has 2 amide bonds. The number of nitrogens with two attached hydrogens (primary N) is 1. The van der Waals surface area contributed by atoms with Crippen molar-refractivity contribution >= 4 is 17.5 Å². The highest BCUT2D eigenvalue weighted by Crippen LogP contribution is 2.27. The smallest absolute Gasteiger partial charge is 0.251 e. The molecule has 5 nitrogen and oxygen atoms in total. The van der Waals surface area contributed by atoms with Gasteiger partial charge in [-0.05, 0) is 31.0 Å². The average Bonchev–Trinajstić information content (AvgIpc) is 2.47. The molecule has 1 aliphatic rings. The Labute approximate surface area is 118 Å². The van der Waals surface area contributed by atoms with Crippen LogP contribution in [0, 0.1) is 0 Å². The van der Waals surface area contributed by atoms with E-state index in [4.69, 9.17) is 5.73 Å². The van der Waals surface area contributed by atoms with E-state index >= 15 is 0 Å². The minimum Gasteiger partial charge on any atom is -0.355 e. The van der Waals surface area contributed by atoms with Crippen LogP contribution >= 0.6 is 0 Å². The quantitative estimate of drug-likeness (QED) is 0.784. The molecule has 0 saturated heterocycles. The van der Waals surface area contributed by atoms with Crippen LogP contribution in [-0.4, -0.2) is 24.4 Å². The predicted octanol–water partition coefficient (Wildman–Crippen LogP) is 1.65. The largest absolute Gasteiger partial charge is 0.355 e. The summed E-state index contributed by atoms with van der Waals surface area (Å²) in [4.78, 5) is 23.9. The van der Waals surface area contributed by atoms with Crippen LogP contribution in [0.2, 0.25) is 0 Å². The Morgan fingerprint density at radius 2 is 1.90 bits per heavy atom. The van der Waals surface area contributed by atoms with Crippen LogP contribution in [0.4, 0.5) is 5.69 Å². The summed E-state index contributed by atoms with van der Waals surface area (Å²) in [6.07, 6.45) is 4.55. The van der Waals surface area contributed by atoms with E-state index in [1.807, 2.05) is 0 Å². The summed E-state index contributed by atoms with van der Waals surface area (Å²) in [6, 6.07) is 6.86. The molecule has 0 radical (unpaired) electrons. The van der Waals surface area contributed by atoms with Gasteiger partial charge in [-0.3, -0.25) is 9.59 Å². The van der Waals surface area contributed by atoms with Crippen molar-refractivity contribution in [3.05, 3.63) is 29.8 Å². The van der Waals surface area contributed by atoms with E-state index in [1.54, 1.807) is 31.3 Å². The van der Waals surface area contributed by atoms with E-state index < -0.39 is 5.54 Å². The molecule has 1 aromatic carbocycles. The lowest BCUT2D eigenvalue weighted by molar-refractivity contribution is -0.122. The van der Waals surface area contributed by atoms with Crippen LogP contribution in [0.15, 0.2) is 24.3 Å². The number of anilines is 1. The number of hydrogen-bond donors (Lipinski definition) is 3. The van der Waals surface area contributed by atoms with Gasteiger partial charge in [-0.1, -0.05) is 25.3 Å². The summed E-state index contributed by atoms with van der Waals surface area (Å²) in [7, 11) is 1.57. The van der Waals surface area contributed by atoms with E-state index in [2.05, 4.69) is 10.6 Å². The van der Waals surface area contributed by atoms with Crippen LogP contribution in [-0.2, 0) is 4.79 Å². The van der Waals surface area contributed by atoms with E-state index in [0.717, 1.165) is 19.3 Å². The number of carbonyl (C=O) groups excluding carboxylic acids is 2. The van der Waals surface area contributed by atoms with Crippen LogP contribution < -0.4 is 16.4 Å². The van der Waals surface area contributed by atoms with Gasteiger partial charge < -0.3 is 16.4 Å². The van der Waals surface area contributed by atoms with Crippen LogP contribution in [0.1, 0.15) is 42.5 Å². The van der Waals surface area contributed by atoms with Crippen molar-refractivity contribution in [2.75, 3.05) is 12.4 Å². The fraction of sp³-hybridized carbons (Fsp3) is 0.467. The highest BCUT2D eigenvalue weighted by atomic mass is 16.2. The van der Waals surface area contributed by atoms with Gasteiger partial charge in [0, 0.05) is 18.3 Å². The zero-order chi connectivity index (χ0) is 14.6. The SMILES string of the molecule is CNC(=O)c1cccc(NC(=O)C2(N)CCCCC2)c1. The summed E-state index contributed by atoms with van der Waals surface area (Å²) in [5, 5.41) is 5.38. The first-order valence-corrected chi connectivity index (χ1v) is 6.98. The molecule has 1 fully saturated rings. The fourth-order valence-electron chi connectivity index (χ4n) is 2.55. The molecule has 1 aliphatic carbocycles. The summed E-state index contributed by atoms with van der Waals surface area (Å²) in [5.41, 5.74) is 6.52. The van der Waals surface area contributed by atoms with Gasteiger partial charge in [-0.25, -0.2) is 0 Å². The Hall–Kier alpha value is -1.88. The molecule has 0 unspecified atom stereocenters. The number of hydrogen-bond acceptors (Lipinski definition) is 3. The lowest BCUT2D eigenvalue weighted by Crippen LogP contribution is -2.52. The first-order chi connectivity index (χ1) is 9.55. The minimum absolute atomic E-state index is 0.161. The van der Waals surface area contributed by atoms with Gasteiger partial charge in [-0.2, -0.15) is 0 Å². The van der Waals surface area contributed by atoms with Gasteiger partial charge in [0.15, 0.2) is 0 Å². The van der Waals surface area contributed by atoms with Gasteiger partial charge in [0.2, 0.25) is 5.91 Å². The molecule has 0 bridgehead atoms. The zero-order valence-electron chi connectivity index (χ0n) is 11.7. The lowest BCUT2D eigenvalue weighted by Gasteiger charge is -2.31. The molecular formula is C15H21N3O2. The van der Waals surface area contributed by atoms with Gasteiger partial charge in [0.25, 0.3) is 5.91 Å². The summed E-state index contributed by atoms with van der Waals surface area (Å²) < 4.78 is 0. The molecule has 0 heterocycles. The van der Waals surface area contributed by atoms with Crippen molar-refractivity contribution in [2.24, 2.45) is 5.73 Å². The maximum Gasteiger partial charge on any atom is 0.251 e. The van der Waals surface area contributed by atoms with Crippen LogP contribution in [0.5, 0.6) is 0 Å². The Morgan fingerprint density at radius 3 is 2.55 bits per heavy atom. The van der Waals surface area contributed by atoms with Crippen molar-refractivity contribution in [2.45, 2.75) is 37.6 Å². The normalized spacial score (nSPS) is 17.3. The Balaban J connectivity index is 2.09. The maximum absolute atomic E-state index is 12.3. The number of nitrogens with one attached hydrogen (secondary N) is 2. The van der Waals surface area contributed by atoms with Crippen molar-refractivity contribution in [3.8, 4) is 0 Å². The molecule has 20 heavy (non-hydrogen) atoms. The van der Waals surface area contributed by atoms with Crippen molar-refractivity contribution in [3.63, 3.8) is 0 Å². The van der Waals surface area contributed by atoms with E-state index in [0.29, 0.717) is 24.1 Å². The first-order valence-electron chi connectivity index (χ1n) is 6.98. The molecule has 1 aromatic rings. The number of amides is 2. The second-order valence-corrected chi connectivity index (χ2v) is 5.33. The third kappa shape index (κ3) is 3.17. The van der Waals surface area contributed by atoms with E-state index in [9.17, 15) is 9.59 Å². The molecule has 0 aliphatic heterocycles. The minimum atomic E-state index is -0.777. The molecule has 0 spiro atoms. The fourth-order valence-corrected chi connectivity index (χ4v) is 2.55. The predicted molar refractivity (Wildman–Crippen MR) is 78.5 cm³/mol.